The first-order chi connectivity index (χ1) is 7.94. The number of aliphatic hydroxyl groups excluding tert-OH is 1. The Hall–Kier alpha value is -0.130. The van der Waals surface area contributed by atoms with Gasteiger partial charge in [-0.3, -0.25) is 0 Å². The first kappa shape index (κ1) is 14.9. The van der Waals surface area contributed by atoms with Gasteiger partial charge in [0, 0.05) is 6.61 Å². The first-order valence-corrected chi connectivity index (χ1v) is 8.28. The van der Waals surface area contributed by atoms with E-state index >= 15 is 0 Å². The molecule has 0 bridgehead atoms. The average Bonchev–Trinajstić information content (AvgIpc) is 2.58. The molecule has 1 saturated heterocycles. The molecule has 5 heteroatoms. The second kappa shape index (κ2) is 6.71. The number of rotatable bonds is 7. The van der Waals surface area contributed by atoms with Crippen LogP contribution in [0.4, 0.5) is 0 Å². The van der Waals surface area contributed by atoms with Crippen molar-refractivity contribution in [2.45, 2.75) is 26.7 Å². The van der Waals surface area contributed by atoms with Crippen LogP contribution in [0.15, 0.2) is 0 Å². The van der Waals surface area contributed by atoms with E-state index in [2.05, 4.69) is 19.2 Å². The van der Waals surface area contributed by atoms with Gasteiger partial charge in [-0.15, -0.1) is 0 Å². The molecule has 1 rings (SSSR count). The lowest BCUT2D eigenvalue weighted by Gasteiger charge is -2.20. The van der Waals surface area contributed by atoms with Crippen molar-refractivity contribution in [1.82, 2.24) is 5.32 Å². The summed E-state index contributed by atoms with van der Waals surface area (Å²) in [7, 11) is -2.83. The smallest absolute Gasteiger partial charge is 0.150 e. The minimum absolute atomic E-state index is 0.101. The molecule has 1 fully saturated rings. The molecule has 0 radical (unpaired) electrons. The number of hydrogen-bond acceptors (Lipinski definition) is 4. The van der Waals surface area contributed by atoms with Gasteiger partial charge >= 0.3 is 0 Å². The van der Waals surface area contributed by atoms with Crippen molar-refractivity contribution >= 4 is 9.84 Å². The fourth-order valence-corrected chi connectivity index (χ4v) is 4.27. The van der Waals surface area contributed by atoms with Gasteiger partial charge in [0.15, 0.2) is 9.84 Å². The molecule has 0 aromatic carbocycles. The highest BCUT2D eigenvalue weighted by molar-refractivity contribution is 7.91. The maximum absolute atomic E-state index is 11.4. The van der Waals surface area contributed by atoms with Crippen LogP contribution in [0.3, 0.4) is 0 Å². The zero-order valence-electron chi connectivity index (χ0n) is 10.9. The molecule has 17 heavy (non-hydrogen) atoms. The highest BCUT2D eigenvalue weighted by Gasteiger charge is 2.32. The van der Waals surface area contributed by atoms with E-state index in [0.717, 1.165) is 25.9 Å². The lowest BCUT2D eigenvalue weighted by molar-refractivity contribution is 0.175. The van der Waals surface area contributed by atoms with Gasteiger partial charge in [0.1, 0.15) is 0 Å². The fourth-order valence-electron chi connectivity index (χ4n) is 2.35. The topological polar surface area (TPSA) is 66.4 Å². The van der Waals surface area contributed by atoms with Crippen LogP contribution >= 0.6 is 0 Å². The van der Waals surface area contributed by atoms with Crippen LogP contribution in [-0.2, 0) is 9.84 Å². The third-order valence-corrected chi connectivity index (χ3v) is 5.21. The molecule has 0 aromatic rings. The van der Waals surface area contributed by atoms with Crippen LogP contribution in [0.5, 0.6) is 0 Å². The van der Waals surface area contributed by atoms with Gasteiger partial charge in [-0.1, -0.05) is 13.8 Å². The van der Waals surface area contributed by atoms with Gasteiger partial charge in [-0.05, 0) is 43.7 Å². The highest BCUT2D eigenvalue weighted by Crippen LogP contribution is 2.27. The van der Waals surface area contributed by atoms with E-state index in [9.17, 15) is 13.5 Å². The zero-order valence-corrected chi connectivity index (χ0v) is 11.7. The van der Waals surface area contributed by atoms with E-state index in [-0.39, 0.29) is 24.2 Å². The quantitative estimate of drug-likeness (QED) is 0.662. The fraction of sp³-hybridized carbons (Fsp3) is 1.00. The van der Waals surface area contributed by atoms with E-state index in [1.54, 1.807) is 0 Å². The van der Waals surface area contributed by atoms with Crippen LogP contribution < -0.4 is 5.32 Å². The standard InChI is InChI=1S/C12H25NO3S/c1-10(2)7-13-5-3-11(8-14)12-4-6-17(15,16)9-12/h10-14H,3-9H2,1-2H3. The number of hydrogen-bond donors (Lipinski definition) is 2. The van der Waals surface area contributed by atoms with Crippen LogP contribution in [0, 0.1) is 17.8 Å². The molecule has 4 nitrogen and oxygen atoms in total. The SMILES string of the molecule is CC(C)CNCCC(CO)C1CCS(=O)(=O)C1. The summed E-state index contributed by atoms with van der Waals surface area (Å²) in [6.07, 6.45) is 1.58. The number of sulfone groups is 1. The molecule has 0 aromatic heterocycles. The second-order valence-electron chi connectivity index (χ2n) is 5.49. The first-order valence-electron chi connectivity index (χ1n) is 6.46. The molecule has 1 aliphatic rings. The zero-order chi connectivity index (χ0) is 12.9. The van der Waals surface area contributed by atoms with Crippen molar-refractivity contribution in [3.05, 3.63) is 0 Å². The van der Waals surface area contributed by atoms with Gasteiger partial charge in [-0.25, -0.2) is 8.42 Å². The summed E-state index contributed by atoms with van der Waals surface area (Å²) >= 11 is 0. The van der Waals surface area contributed by atoms with Crippen molar-refractivity contribution in [1.29, 1.82) is 0 Å². The molecule has 2 atom stereocenters. The van der Waals surface area contributed by atoms with Crippen LogP contribution in [0.1, 0.15) is 26.7 Å². The third kappa shape index (κ3) is 5.36. The molecule has 1 aliphatic heterocycles. The molecular formula is C12H25NO3S. The predicted molar refractivity (Wildman–Crippen MR) is 69.7 cm³/mol. The van der Waals surface area contributed by atoms with Crippen LogP contribution in [0.25, 0.3) is 0 Å². The van der Waals surface area contributed by atoms with E-state index < -0.39 is 9.84 Å². The van der Waals surface area contributed by atoms with Crippen molar-refractivity contribution in [3.63, 3.8) is 0 Å². The Balaban J connectivity index is 2.29. The number of aliphatic hydroxyl groups is 1. The summed E-state index contributed by atoms with van der Waals surface area (Å²) in [5.74, 6) is 1.47. The van der Waals surface area contributed by atoms with Crippen molar-refractivity contribution in [3.8, 4) is 0 Å². The van der Waals surface area contributed by atoms with Crippen LogP contribution in [0.2, 0.25) is 0 Å². The highest BCUT2D eigenvalue weighted by atomic mass is 32.2. The minimum atomic E-state index is -2.83. The molecule has 0 amide bonds. The Morgan fingerprint density at radius 1 is 1.41 bits per heavy atom. The molecule has 2 unspecified atom stereocenters. The summed E-state index contributed by atoms with van der Waals surface area (Å²) in [5, 5.41) is 12.7. The van der Waals surface area contributed by atoms with E-state index in [4.69, 9.17) is 0 Å². The summed E-state index contributed by atoms with van der Waals surface area (Å²) in [4.78, 5) is 0. The predicted octanol–water partition coefficient (Wildman–Crippen LogP) is 0.665. The summed E-state index contributed by atoms with van der Waals surface area (Å²) in [6.45, 7) is 6.24. The lowest BCUT2D eigenvalue weighted by Crippen LogP contribution is -2.27. The minimum Gasteiger partial charge on any atom is -0.396 e. The monoisotopic (exact) mass is 263 g/mol. The van der Waals surface area contributed by atoms with Crippen molar-refractivity contribution < 1.29 is 13.5 Å². The average molecular weight is 263 g/mol. The molecule has 102 valence electrons. The molecule has 0 saturated carbocycles. The second-order valence-corrected chi connectivity index (χ2v) is 7.72. The van der Waals surface area contributed by atoms with E-state index in [0.29, 0.717) is 11.7 Å². The summed E-state index contributed by atoms with van der Waals surface area (Å²) < 4.78 is 22.8. The molecule has 0 spiro atoms. The third-order valence-electron chi connectivity index (χ3n) is 3.41. The Morgan fingerprint density at radius 3 is 2.59 bits per heavy atom. The Kier molecular flexibility index (Phi) is 5.89. The van der Waals surface area contributed by atoms with Gasteiger partial charge in [0.25, 0.3) is 0 Å². The van der Waals surface area contributed by atoms with Crippen molar-refractivity contribution in [2.24, 2.45) is 17.8 Å². The lowest BCUT2D eigenvalue weighted by atomic mass is 9.90. The Morgan fingerprint density at radius 2 is 2.12 bits per heavy atom. The van der Waals surface area contributed by atoms with Gasteiger partial charge in [-0.2, -0.15) is 0 Å². The Labute approximate surface area is 105 Å². The van der Waals surface area contributed by atoms with Gasteiger partial charge in [0.05, 0.1) is 11.5 Å². The summed E-state index contributed by atoms with van der Waals surface area (Å²) in [6, 6.07) is 0. The van der Waals surface area contributed by atoms with Crippen LogP contribution in [-0.4, -0.2) is 44.7 Å². The van der Waals surface area contributed by atoms with E-state index in [1.165, 1.54) is 0 Å². The molecular weight excluding hydrogens is 238 g/mol. The normalized spacial score (nSPS) is 25.3. The van der Waals surface area contributed by atoms with E-state index in [1.807, 2.05) is 0 Å². The molecule has 2 N–H and O–H groups in total. The number of nitrogens with one attached hydrogen (secondary N) is 1. The molecule has 0 aliphatic carbocycles. The van der Waals surface area contributed by atoms with Crippen molar-refractivity contribution in [2.75, 3.05) is 31.2 Å². The maximum Gasteiger partial charge on any atom is 0.150 e. The Bertz CT molecular complexity index is 314. The van der Waals surface area contributed by atoms with Gasteiger partial charge < -0.3 is 10.4 Å². The maximum atomic E-state index is 11.4. The summed E-state index contributed by atoms with van der Waals surface area (Å²) in [5.41, 5.74) is 0. The molecule has 1 heterocycles. The largest absolute Gasteiger partial charge is 0.396 e. The van der Waals surface area contributed by atoms with Gasteiger partial charge in [0.2, 0.25) is 0 Å².